The summed E-state index contributed by atoms with van der Waals surface area (Å²) < 4.78 is 13.4. The van der Waals surface area contributed by atoms with Crippen molar-refractivity contribution in [3.8, 4) is 0 Å². The molecule has 2 amide bonds. The molecular weight excluding hydrogens is 285 g/mol. The normalized spacial score (nSPS) is 11.5. The van der Waals surface area contributed by atoms with Crippen molar-refractivity contribution >= 4 is 11.8 Å². The Balaban J connectivity index is 1.85. The first-order valence-electron chi connectivity index (χ1n) is 6.80. The molecule has 0 saturated carbocycles. The van der Waals surface area contributed by atoms with E-state index in [0.29, 0.717) is 0 Å². The molecule has 0 saturated heterocycles. The topological polar surface area (TPSA) is 71.1 Å². The number of hydrogen-bond acceptors (Lipinski definition) is 3. The van der Waals surface area contributed by atoms with E-state index in [9.17, 15) is 14.0 Å². The highest BCUT2D eigenvalue weighted by molar-refractivity contribution is 5.96. The maximum absolute atomic E-state index is 13.4. The number of carbonyl (C=O) groups excluding carboxylic acids is 2. The van der Waals surface area contributed by atoms with Gasteiger partial charge < -0.3 is 10.6 Å². The summed E-state index contributed by atoms with van der Waals surface area (Å²) in [6.07, 6.45) is 3.27. The Labute approximate surface area is 127 Å². The van der Waals surface area contributed by atoms with Crippen LogP contribution in [-0.4, -0.2) is 23.3 Å². The first-order chi connectivity index (χ1) is 10.6. The fraction of sp³-hybridized carbons (Fsp3) is 0.188. The molecule has 114 valence electrons. The van der Waals surface area contributed by atoms with Crippen molar-refractivity contribution in [1.29, 1.82) is 0 Å². The second-order valence-corrected chi connectivity index (χ2v) is 4.73. The Bertz CT molecular complexity index is 661. The molecule has 0 fully saturated rings. The van der Waals surface area contributed by atoms with Gasteiger partial charge in [0.2, 0.25) is 5.91 Å². The third kappa shape index (κ3) is 4.12. The summed E-state index contributed by atoms with van der Waals surface area (Å²) in [6, 6.07) is 8.99. The predicted molar refractivity (Wildman–Crippen MR) is 79.5 cm³/mol. The van der Waals surface area contributed by atoms with Gasteiger partial charge in [-0.1, -0.05) is 12.1 Å². The Kier molecular flexibility index (Phi) is 5.19. The Morgan fingerprint density at radius 1 is 1.18 bits per heavy atom. The van der Waals surface area contributed by atoms with Crippen LogP contribution in [0.25, 0.3) is 0 Å². The van der Waals surface area contributed by atoms with E-state index in [2.05, 4.69) is 15.6 Å². The number of halogens is 1. The summed E-state index contributed by atoms with van der Waals surface area (Å²) in [5.74, 6) is -1.59. The molecule has 2 N–H and O–H groups in total. The van der Waals surface area contributed by atoms with Gasteiger partial charge in [-0.3, -0.25) is 14.6 Å². The molecule has 1 atom stereocenters. The van der Waals surface area contributed by atoms with Gasteiger partial charge in [0.15, 0.2) is 0 Å². The molecule has 0 spiro atoms. The van der Waals surface area contributed by atoms with Crippen molar-refractivity contribution in [3.63, 3.8) is 0 Å². The highest BCUT2D eigenvalue weighted by atomic mass is 19.1. The van der Waals surface area contributed by atoms with Crippen molar-refractivity contribution in [1.82, 2.24) is 15.6 Å². The fourth-order valence-electron chi connectivity index (χ4n) is 1.93. The van der Waals surface area contributed by atoms with Crippen LogP contribution < -0.4 is 10.6 Å². The molecule has 1 unspecified atom stereocenters. The average Bonchev–Trinajstić information content (AvgIpc) is 2.54. The Morgan fingerprint density at radius 3 is 2.55 bits per heavy atom. The third-order valence-electron chi connectivity index (χ3n) is 3.11. The van der Waals surface area contributed by atoms with Gasteiger partial charge in [-0.15, -0.1) is 0 Å². The van der Waals surface area contributed by atoms with Gasteiger partial charge in [-0.2, -0.15) is 0 Å². The summed E-state index contributed by atoms with van der Waals surface area (Å²) in [4.78, 5) is 27.5. The van der Waals surface area contributed by atoms with Crippen molar-refractivity contribution < 1.29 is 14.0 Å². The lowest BCUT2D eigenvalue weighted by Gasteiger charge is -2.14. The van der Waals surface area contributed by atoms with Crippen molar-refractivity contribution in [2.24, 2.45) is 0 Å². The summed E-state index contributed by atoms with van der Waals surface area (Å²) in [5.41, 5.74) is 0.821. The first kappa shape index (κ1) is 15.6. The maximum Gasteiger partial charge on any atom is 0.254 e. The third-order valence-corrected chi connectivity index (χ3v) is 3.11. The van der Waals surface area contributed by atoms with Crippen LogP contribution in [0.5, 0.6) is 0 Å². The molecule has 22 heavy (non-hydrogen) atoms. The molecule has 6 heteroatoms. The van der Waals surface area contributed by atoms with E-state index in [-0.39, 0.29) is 24.1 Å². The molecule has 1 heterocycles. The van der Waals surface area contributed by atoms with E-state index < -0.39 is 11.7 Å². The molecular formula is C16H16FN3O2. The summed E-state index contributed by atoms with van der Waals surface area (Å²) in [7, 11) is 0. The van der Waals surface area contributed by atoms with Crippen LogP contribution in [0.2, 0.25) is 0 Å². The zero-order valence-electron chi connectivity index (χ0n) is 12.0. The van der Waals surface area contributed by atoms with Gasteiger partial charge in [-0.25, -0.2) is 4.39 Å². The van der Waals surface area contributed by atoms with Gasteiger partial charge in [0.05, 0.1) is 18.2 Å². The minimum Gasteiger partial charge on any atom is -0.348 e. The molecule has 2 rings (SSSR count). The van der Waals surface area contributed by atoms with Crippen LogP contribution in [-0.2, 0) is 4.79 Å². The Hall–Kier alpha value is -2.76. The van der Waals surface area contributed by atoms with Crippen LogP contribution in [0, 0.1) is 5.82 Å². The van der Waals surface area contributed by atoms with Gasteiger partial charge >= 0.3 is 0 Å². The summed E-state index contributed by atoms with van der Waals surface area (Å²) >= 11 is 0. The first-order valence-corrected chi connectivity index (χ1v) is 6.80. The lowest BCUT2D eigenvalue weighted by molar-refractivity contribution is -0.120. The number of amides is 2. The molecule has 1 aromatic carbocycles. The van der Waals surface area contributed by atoms with Crippen LogP contribution in [0.15, 0.2) is 48.8 Å². The fourth-order valence-corrected chi connectivity index (χ4v) is 1.93. The lowest BCUT2D eigenvalue weighted by atomic mass is 10.1. The quantitative estimate of drug-likeness (QED) is 0.885. The van der Waals surface area contributed by atoms with E-state index >= 15 is 0 Å². The molecule has 0 aliphatic carbocycles. The van der Waals surface area contributed by atoms with Crippen LogP contribution >= 0.6 is 0 Å². The van der Waals surface area contributed by atoms with Gasteiger partial charge in [0.25, 0.3) is 5.91 Å². The minimum absolute atomic E-state index is 0.0857. The maximum atomic E-state index is 13.4. The molecule has 5 nitrogen and oxygen atoms in total. The molecule has 0 bridgehead atoms. The van der Waals surface area contributed by atoms with E-state index in [1.807, 2.05) is 6.92 Å². The van der Waals surface area contributed by atoms with Crippen LogP contribution in [0.3, 0.4) is 0 Å². The summed E-state index contributed by atoms with van der Waals surface area (Å²) in [5, 5.41) is 5.14. The molecule has 1 aromatic heterocycles. The highest BCUT2D eigenvalue weighted by Gasteiger charge is 2.13. The number of carbonyl (C=O) groups is 2. The number of nitrogens with one attached hydrogen (secondary N) is 2. The van der Waals surface area contributed by atoms with Gasteiger partial charge in [0, 0.05) is 12.4 Å². The van der Waals surface area contributed by atoms with E-state index in [0.717, 1.165) is 5.56 Å². The minimum atomic E-state index is -0.621. The molecule has 2 aromatic rings. The summed E-state index contributed by atoms with van der Waals surface area (Å²) in [6.45, 7) is 1.61. The number of nitrogens with zero attached hydrogens (tertiary/aromatic N) is 1. The number of pyridine rings is 1. The highest BCUT2D eigenvalue weighted by Crippen LogP contribution is 2.09. The molecule has 0 radical (unpaired) electrons. The second-order valence-electron chi connectivity index (χ2n) is 4.73. The van der Waals surface area contributed by atoms with Crippen molar-refractivity contribution in [2.75, 3.05) is 6.54 Å². The monoisotopic (exact) mass is 301 g/mol. The average molecular weight is 301 g/mol. The number of aromatic nitrogens is 1. The molecule has 0 aliphatic heterocycles. The zero-order chi connectivity index (χ0) is 15.9. The predicted octanol–water partition coefficient (Wildman–Crippen LogP) is 1.83. The zero-order valence-corrected chi connectivity index (χ0v) is 12.0. The van der Waals surface area contributed by atoms with E-state index in [1.54, 1.807) is 30.6 Å². The standard InChI is InChI=1S/C16H16FN3O2/c1-11(12-6-8-18-9-7-12)20-15(21)10-19-16(22)13-4-2-3-5-14(13)17/h2-9,11H,10H2,1H3,(H,19,22)(H,20,21). The number of hydrogen-bond donors (Lipinski definition) is 2. The van der Waals surface area contributed by atoms with E-state index in [1.165, 1.54) is 18.2 Å². The Morgan fingerprint density at radius 2 is 1.86 bits per heavy atom. The van der Waals surface area contributed by atoms with E-state index in [4.69, 9.17) is 0 Å². The lowest BCUT2D eigenvalue weighted by Crippen LogP contribution is -2.38. The van der Waals surface area contributed by atoms with Crippen LogP contribution in [0.1, 0.15) is 28.9 Å². The largest absolute Gasteiger partial charge is 0.348 e. The molecule has 0 aliphatic rings. The number of rotatable bonds is 5. The van der Waals surface area contributed by atoms with Crippen molar-refractivity contribution in [2.45, 2.75) is 13.0 Å². The van der Waals surface area contributed by atoms with Gasteiger partial charge in [0.1, 0.15) is 5.82 Å². The number of benzene rings is 1. The SMILES string of the molecule is CC(NC(=O)CNC(=O)c1ccccc1F)c1ccncc1. The second kappa shape index (κ2) is 7.31. The smallest absolute Gasteiger partial charge is 0.254 e. The van der Waals surface area contributed by atoms with Gasteiger partial charge in [-0.05, 0) is 36.8 Å². The van der Waals surface area contributed by atoms with Crippen molar-refractivity contribution in [3.05, 3.63) is 65.7 Å². The van der Waals surface area contributed by atoms with Crippen LogP contribution in [0.4, 0.5) is 4.39 Å².